The highest BCUT2D eigenvalue weighted by atomic mass is 16.2. The molecule has 4 amide bonds. The summed E-state index contributed by atoms with van der Waals surface area (Å²) in [5, 5.41) is 13.6. The van der Waals surface area contributed by atoms with E-state index >= 15 is 0 Å². The Labute approximate surface area is 183 Å². The number of nitrogens with one attached hydrogen (secondary N) is 2. The van der Waals surface area contributed by atoms with Crippen LogP contribution in [0.3, 0.4) is 0 Å². The number of carbonyl (C=O) groups excluding carboxylic acids is 5. The number of piperidine rings is 1. The van der Waals surface area contributed by atoms with Gasteiger partial charge in [-0.1, -0.05) is 12.1 Å². The first-order valence-corrected chi connectivity index (χ1v) is 9.96. The molecular formula is C23H18N4O5. The molecule has 1 fully saturated rings. The van der Waals surface area contributed by atoms with Crippen molar-refractivity contribution in [2.75, 3.05) is 0 Å². The van der Waals surface area contributed by atoms with Gasteiger partial charge in [0.05, 0.1) is 11.6 Å². The monoisotopic (exact) mass is 430 g/mol. The molecule has 32 heavy (non-hydrogen) atoms. The summed E-state index contributed by atoms with van der Waals surface area (Å²) in [5.41, 5.74) is 2.45. The van der Waals surface area contributed by atoms with Crippen LogP contribution in [0.25, 0.3) is 0 Å². The number of benzene rings is 2. The van der Waals surface area contributed by atoms with E-state index in [4.69, 9.17) is 5.26 Å². The number of fused-ring (bicyclic) bond motifs is 1. The maximum absolute atomic E-state index is 12.7. The zero-order valence-corrected chi connectivity index (χ0v) is 16.9. The first-order chi connectivity index (χ1) is 15.4. The lowest BCUT2D eigenvalue weighted by atomic mass is 10.0. The largest absolute Gasteiger partial charge is 0.345 e. The lowest BCUT2D eigenvalue weighted by Gasteiger charge is -2.29. The van der Waals surface area contributed by atoms with Crippen LogP contribution in [0.4, 0.5) is 0 Å². The number of carbonyl (C=O) groups is 5. The Bertz CT molecular complexity index is 1200. The van der Waals surface area contributed by atoms with Crippen molar-refractivity contribution >= 4 is 29.4 Å². The van der Waals surface area contributed by atoms with Crippen molar-refractivity contribution < 1.29 is 24.0 Å². The second-order valence-electron chi connectivity index (χ2n) is 7.59. The van der Waals surface area contributed by atoms with Gasteiger partial charge < -0.3 is 10.2 Å². The minimum atomic E-state index is -0.781. The van der Waals surface area contributed by atoms with E-state index in [1.807, 2.05) is 6.07 Å². The van der Waals surface area contributed by atoms with Crippen LogP contribution in [0, 0.1) is 11.3 Å². The Morgan fingerprint density at radius 1 is 1.12 bits per heavy atom. The standard InChI is InChI=1S/C23H18N4O5/c24-10-13-1-4-15(5-2-13)20(29)22(31)25-11-14-3-6-17-16(9-14)12-27(23(17)32)18-7-8-19(28)26-21(18)30/h1-6,9,18H,7-8,11-12H2,(H,25,31)(H,26,28,30). The van der Waals surface area contributed by atoms with Gasteiger partial charge in [0.2, 0.25) is 17.6 Å². The zero-order valence-electron chi connectivity index (χ0n) is 16.9. The molecule has 9 nitrogen and oxygen atoms in total. The van der Waals surface area contributed by atoms with Gasteiger partial charge in [0.15, 0.2) is 0 Å². The number of ketones is 1. The molecule has 0 saturated carbocycles. The molecule has 0 spiro atoms. The van der Waals surface area contributed by atoms with E-state index in [-0.39, 0.29) is 43.3 Å². The molecule has 1 saturated heterocycles. The van der Waals surface area contributed by atoms with Crippen molar-refractivity contribution in [2.45, 2.75) is 32.0 Å². The number of rotatable bonds is 5. The van der Waals surface area contributed by atoms with Gasteiger partial charge in [-0.2, -0.15) is 5.26 Å². The minimum absolute atomic E-state index is 0.0841. The van der Waals surface area contributed by atoms with Crippen molar-refractivity contribution in [3.8, 4) is 6.07 Å². The van der Waals surface area contributed by atoms with Crippen molar-refractivity contribution in [2.24, 2.45) is 0 Å². The Morgan fingerprint density at radius 2 is 1.88 bits per heavy atom. The summed E-state index contributed by atoms with van der Waals surface area (Å²) >= 11 is 0. The minimum Gasteiger partial charge on any atom is -0.345 e. The normalized spacial score (nSPS) is 17.4. The number of imide groups is 1. The van der Waals surface area contributed by atoms with Crippen molar-refractivity contribution in [1.29, 1.82) is 5.26 Å². The lowest BCUT2D eigenvalue weighted by molar-refractivity contribution is -0.137. The van der Waals surface area contributed by atoms with Crippen LogP contribution in [-0.4, -0.2) is 40.4 Å². The Hall–Kier alpha value is -4.32. The quantitative estimate of drug-likeness (QED) is 0.409. The molecule has 9 heteroatoms. The maximum Gasteiger partial charge on any atom is 0.292 e. The molecule has 2 aromatic rings. The third-order valence-corrected chi connectivity index (χ3v) is 5.52. The first-order valence-electron chi connectivity index (χ1n) is 9.96. The fourth-order valence-electron chi connectivity index (χ4n) is 3.83. The van der Waals surface area contributed by atoms with Crippen molar-refractivity contribution in [1.82, 2.24) is 15.5 Å². The molecule has 4 rings (SSSR count). The SMILES string of the molecule is N#Cc1ccc(C(=O)C(=O)NCc2ccc3c(c2)CN(C2CCC(=O)NC2=O)C3=O)cc1. The molecule has 2 aromatic carbocycles. The first kappa shape index (κ1) is 20.9. The van der Waals surface area contributed by atoms with Crippen LogP contribution in [-0.2, 0) is 27.5 Å². The number of hydrogen-bond acceptors (Lipinski definition) is 6. The van der Waals surface area contributed by atoms with Gasteiger partial charge in [0.25, 0.3) is 11.8 Å². The molecule has 0 radical (unpaired) electrons. The number of Topliss-reactive ketones (excluding diaryl/α,β-unsaturated/α-hetero) is 1. The van der Waals surface area contributed by atoms with Crippen molar-refractivity contribution in [3.63, 3.8) is 0 Å². The lowest BCUT2D eigenvalue weighted by Crippen LogP contribution is -2.52. The molecule has 2 N–H and O–H groups in total. The predicted octanol–water partition coefficient (Wildman–Crippen LogP) is 0.818. The summed E-state index contributed by atoms with van der Waals surface area (Å²) in [5.74, 6) is -2.59. The molecule has 1 unspecified atom stereocenters. The van der Waals surface area contributed by atoms with Gasteiger partial charge in [-0.25, -0.2) is 0 Å². The summed E-state index contributed by atoms with van der Waals surface area (Å²) in [6.45, 7) is 0.313. The molecule has 0 bridgehead atoms. The zero-order chi connectivity index (χ0) is 22.8. The second-order valence-corrected chi connectivity index (χ2v) is 7.59. The molecule has 2 heterocycles. The van der Waals surface area contributed by atoms with E-state index in [1.54, 1.807) is 18.2 Å². The topological polar surface area (TPSA) is 136 Å². The summed E-state index contributed by atoms with van der Waals surface area (Å²) < 4.78 is 0. The average Bonchev–Trinajstić information content (AvgIpc) is 3.12. The molecule has 0 aromatic heterocycles. The van der Waals surface area contributed by atoms with Crippen LogP contribution in [0.15, 0.2) is 42.5 Å². The van der Waals surface area contributed by atoms with E-state index in [1.165, 1.54) is 29.2 Å². The maximum atomic E-state index is 12.7. The third-order valence-electron chi connectivity index (χ3n) is 5.52. The molecule has 2 aliphatic rings. The molecule has 1 atom stereocenters. The van der Waals surface area contributed by atoms with Gasteiger partial charge in [0.1, 0.15) is 6.04 Å². The number of hydrogen-bond donors (Lipinski definition) is 2. The van der Waals surface area contributed by atoms with E-state index in [0.29, 0.717) is 22.3 Å². The van der Waals surface area contributed by atoms with Crippen LogP contribution < -0.4 is 10.6 Å². The highest BCUT2D eigenvalue weighted by molar-refractivity contribution is 6.42. The fourth-order valence-corrected chi connectivity index (χ4v) is 3.83. The van der Waals surface area contributed by atoms with Crippen LogP contribution >= 0.6 is 0 Å². The van der Waals surface area contributed by atoms with E-state index in [9.17, 15) is 24.0 Å². The van der Waals surface area contributed by atoms with Gasteiger partial charge >= 0.3 is 0 Å². The van der Waals surface area contributed by atoms with E-state index in [2.05, 4.69) is 10.6 Å². The molecule has 0 aliphatic carbocycles. The molecule has 2 aliphatic heterocycles. The van der Waals surface area contributed by atoms with Crippen LogP contribution in [0.5, 0.6) is 0 Å². The Balaban J connectivity index is 1.40. The predicted molar refractivity (Wildman–Crippen MR) is 110 cm³/mol. The van der Waals surface area contributed by atoms with E-state index < -0.39 is 23.6 Å². The molecular weight excluding hydrogens is 412 g/mol. The average molecular weight is 430 g/mol. The summed E-state index contributed by atoms with van der Waals surface area (Å²) in [6.07, 6.45) is 0.464. The summed E-state index contributed by atoms with van der Waals surface area (Å²) in [6, 6.07) is 12.1. The highest BCUT2D eigenvalue weighted by Gasteiger charge is 2.39. The van der Waals surface area contributed by atoms with E-state index in [0.717, 1.165) is 0 Å². The van der Waals surface area contributed by atoms with Gasteiger partial charge in [-0.05, 0) is 47.9 Å². The summed E-state index contributed by atoms with van der Waals surface area (Å²) in [7, 11) is 0. The Morgan fingerprint density at radius 3 is 2.56 bits per heavy atom. The second kappa shape index (κ2) is 8.43. The third kappa shape index (κ3) is 3.98. The number of amides is 4. The fraction of sp³-hybridized carbons (Fsp3) is 0.217. The molecule has 160 valence electrons. The Kier molecular flexibility index (Phi) is 5.52. The van der Waals surface area contributed by atoms with Gasteiger partial charge in [-0.15, -0.1) is 0 Å². The van der Waals surface area contributed by atoms with Crippen LogP contribution in [0.1, 0.15) is 50.2 Å². The number of nitrogens with zero attached hydrogens (tertiary/aromatic N) is 2. The van der Waals surface area contributed by atoms with Crippen molar-refractivity contribution in [3.05, 3.63) is 70.3 Å². The van der Waals surface area contributed by atoms with Crippen LogP contribution in [0.2, 0.25) is 0 Å². The van der Waals surface area contributed by atoms with Gasteiger partial charge in [0, 0.05) is 30.6 Å². The summed E-state index contributed by atoms with van der Waals surface area (Å²) in [4.78, 5) is 62.1. The van der Waals surface area contributed by atoms with Gasteiger partial charge in [-0.3, -0.25) is 29.3 Å². The number of nitriles is 1. The smallest absolute Gasteiger partial charge is 0.292 e. The highest BCUT2D eigenvalue weighted by Crippen LogP contribution is 2.28.